The molecule has 0 bridgehead atoms. The first kappa shape index (κ1) is 6.96. The van der Waals surface area contributed by atoms with Crippen molar-refractivity contribution in [3.8, 4) is 0 Å². The Hall–Kier alpha value is -0.0351. The van der Waals surface area contributed by atoms with Crippen LogP contribution in [0.2, 0.25) is 0 Å². The van der Waals surface area contributed by atoms with Gasteiger partial charge in [-0.2, -0.15) is 0 Å². The van der Waals surface area contributed by atoms with Crippen molar-refractivity contribution in [1.29, 1.82) is 0 Å². The maximum Gasteiger partial charge on any atom is 0.199 e. The number of rotatable bonds is 0. The van der Waals surface area contributed by atoms with Crippen molar-refractivity contribution in [2.45, 2.75) is 0 Å². The minimum Gasteiger partial charge on any atom is -0.476 e. The summed E-state index contributed by atoms with van der Waals surface area (Å²) in [5.74, 6) is 0. The largest absolute Gasteiger partial charge is 0.476 e. The zero-order valence-corrected chi connectivity index (χ0v) is 5.08. The van der Waals surface area contributed by atoms with Gasteiger partial charge in [-0.05, 0) is 9.24 Å². The minimum absolute atomic E-state index is 0. The van der Waals surface area contributed by atoms with Crippen LogP contribution in [0.15, 0.2) is 4.99 Å². The Kier molecular flexibility index (Phi) is 3.02. The first-order valence-corrected chi connectivity index (χ1v) is 2.40. The first-order chi connectivity index (χ1) is 2.89. The van der Waals surface area contributed by atoms with Gasteiger partial charge in [-0.25, -0.2) is 4.99 Å². The number of ether oxygens (including phenoxy) is 1. The number of hydrogen-bond donors (Lipinski definition) is 0. The van der Waals surface area contributed by atoms with Crippen molar-refractivity contribution in [2.75, 3.05) is 13.2 Å². The Morgan fingerprint density at radius 1 is 1.71 bits per heavy atom. The molecule has 1 heterocycles. The second kappa shape index (κ2) is 3.03. The molecule has 0 amide bonds. The second-order valence-electron chi connectivity index (χ2n) is 1.07. The Morgan fingerprint density at radius 2 is 2.43 bits per heavy atom. The van der Waals surface area contributed by atoms with Gasteiger partial charge >= 0.3 is 0 Å². The summed E-state index contributed by atoms with van der Waals surface area (Å²) in [6.07, 6.45) is 0. The van der Waals surface area contributed by atoms with Gasteiger partial charge in [-0.1, -0.05) is 0 Å². The van der Waals surface area contributed by atoms with E-state index in [-0.39, 0.29) is 8.41 Å². The Labute approximate surface area is 47.1 Å². The molecule has 2 nitrogen and oxygen atoms in total. The van der Waals surface area contributed by atoms with Crippen LogP contribution < -0.4 is 0 Å². The van der Waals surface area contributed by atoms with Gasteiger partial charge in [0.05, 0.1) is 6.54 Å². The summed E-state index contributed by atoms with van der Waals surface area (Å²) in [5.41, 5.74) is 0.745. The van der Waals surface area contributed by atoms with Crippen molar-refractivity contribution >= 4 is 23.3 Å². The molecule has 37 valence electrons. The lowest BCUT2D eigenvalue weighted by Crippen LogP contribution is -1.85. The highest BCUT2D eigenvalue weighted by atomic mass is 31.0. The Morgan fingerprint density at radius 3 is 2.57 bits per heavy atom. The highest BCUT2D eigenvalue weighted by Crippen LogP contribution is 1.98. The molecule has 0 aliphatic carbocycles. The van der Waals surface area contributed by atoms with Gasteiger partial charge in [0.15, 0.2) is 5.64 Å². The normalized spacial score (nSPS) is 17.0. The number of aliphatic imine (C=N–C) groups is 1. The predicted molar refractivity (Wildman–Crippen MR) is 33.7 cm³/mol. The smallest absolute Gasteiger partial charge is 0.199 e. The molecule has 1 aliphatic heterocycles. The van der Waals surface area contributed by atoms with Gasteiger partial charge in [0.25, 0.3) is 0 Å². The van der Waals surface area contributed by atoms with Crippen LogP contribution in [0.4, 0.5) is 0 Å². The zero-order valence-electron chi connectivity index (χ0n) is 3.92. The van der Waals surface area contributed by atoms with E-state index in [1.54, 1.807) is 0 Å². The van der Waals surface area contributed by atoms with Crippen LogP contribution in [0.3, 0.4) is 0 Å². The van der Waals surface area contributed by atoms with Crippen LogP contribution in [-0.4, -0.2) is 27.2 Å². The van der Waals surface area contributed by atoms with Gasteiger partial charge < -0.3 is 4.74 Å². The molecule has 1 unspecified atom stereocenters. The average Bonchev–Trinajstić information content (AvgIpc) is 1.86. The fraction of sp³-hybridized carbons (Fsp3) is 0.667. The molecular formula is C3H6BNOP. The van der Waals surface area contributed by atoms with Crippen LogP contribution in [0.25, 0.3) is 0 Å². The van der Waals surface area contributed by atoms with Gasteiger partial charge in [0.2, 0.25) is 0 Å². The molecule has 0 aromatic carbocycles. The quantitative estimate of drug-likeness (QED) is 0.317. The monoisotopic (exact) mass is 114 g/mol. The van der Waals surface area contributed by atoms with E-state index < -0.39 is 0 Å². The van der Waals surface area contributed by atoms with Gasteiger partial charge in [-0.15, -0.1) is 0 Å². The maximum atomic E-state index is 4.87. The van der Waals surface area contributed by atoms with E-state index in [0.29, 0.717) is 0 Å². The summed E-state index contributed by atoms with van der Waals surface area (Å²) in [6, 6.07) is 0. The lowest BCUT2D eigenvalue weighted by Gasteiger charge is -1.85. The molecule has 1 rings (SSSR count). The van der Waals surface area contributed by atoms with E-state index in [4.69, 9.17) is 4.74 Å². The standard InChI is InChI=1S/C3H6NOP.B/c6-3-4-1-2-5-3;/h1-2,6H2;. The maximum absolute atomic E-state index is 4.87. The van der Waals surface area contributed by atoms with Crippen LogP contribution in [0, 0.1) is 0 Å². The van der Waals surface area contributed by atoms with Crippen molar-refractivity contribution in [3.63, 3.8) is 0 Å². The summed E-state index contributed by atoms with van der Waals surface area (Å²) in [6.45, 7) is 1.59. The first-order valence-electron chi connectivity index (χ1n) is 1.82. The third kappa shape index (κ3) is 1.93. The molecule has 4 heteroatoms. The Bertz CT molecular complexity index is 85.0. The van der Waals surface area contributed by atoms with Crippen LogP contribution >= 0.6 is 9.24 Å². The van der Waals surface area contributed by atoms with E-state index in [1.807, 2.05) is 0 Å². The van der Waals surface area contributed by atoms with Crippen LogP contribution in [0.1, 0.15) is 0 Å². The highest BCUT2D eigenvalue weighted by Gasteiger charge is 1.96. The fourth-order valence-corrected chi connectivity index (χ4v) is 0.599. The topological polar surface area (TPSA) is 21.6 Å². The van der Waals surface area contributed by atoms with Crippen molar-refractivity contribution in [1.82, 2.24) is 0 Å². The summed E-state index contributed by atoms with van der Waals surface area (Å²) in [4.78, 5) is 3.89. The molecule has 3 radical (unpaired) electrons. The van der Waals surface area contributed by atoms with Crippen molar-refractivity contribution < 1.29 is 4.74 Å². The summed E-state index contributed by atoms with van der Waals surface area (Å²) in [5, 5.41) is 0. The molecule has 0 aromatic heterocycles. The lowest BCUT2D eigenvalue weighted by atomic mass is 10.8. The third-order valence-electron chi connectivity index (χ3n) is 0.609. The van der Waals surface area contributed by atoms with E-state index in [9.17, 15) is 0 Å². The van der Waals surface area contributed by atoms with E-state index in [2.05, 4.69) is 14.2 Å². The predicted octanol–water partition coefficient (Wildman–Crippen LogP) is -0.133. The molecule has 7 heavy (non-hydrogen) atoms. The van der Waals surface area contributed by atoms with Gasteiger partial charge in [-0.3, -0.25) is 0 Å². The molecular weight excluding hydrogens is 108 g/mol. The molecule has 0 spiro atoms. The van der Waals surface area contributed by atoms with E-state index in [0.717, 1.165) is 18.8 Å². The molecule has 0 saturated carbocycles. The SMILES string of the molecule is PC1=NCCO1.[B]. The molecule has 1 atom stereocenters. The molecule has 0 saturated heterocycles. The molecule has 0 N–H and O–H groups in total. The molecule has 0 aromatic rings. The Balaban J connectivity index is 0.000000360. The van der Waals surface area contributed by atoms with Crippen molar-refractivity contribution in [2.24, 2.45) is 4.99 Å². The molecule has 1 aliphatic rings. The fourth-order valence-electron chi connectivity index (χ4n) is 0.352. The van der Waals surface area contributed by atoms with Gasteiger partial charge in [0, 0.05) is 8.41 Å². The molecule has 0 fully saturated rings. The van der Waals surface area contributed by atoms with Crippen molar-refractivity contribution in [3.05, 3.63) is 0 Å². The van der Waals surface area contributed by atoms with Gasteiger partial charge in [0.1, 0.15) is 6.61 Å². The summed E-state index contributed by atoms with van der Waals surface area (Å²) >= 11 is 0. The van der Waals surface area contributed by atoms with E-state index in [1.165, 1.54) is 0 Å². The van der Waals surface area contributed by atoms with Crippen LogP contribution in [0.5, 0.6) is 0 Å². The number of hydrogen-bond acceptors (Lipinski definition) is 2. The zero-order chi connectivity index (χ0) is 4.41. The highest BCUT2D eigenvalue weighted by molar-refractivity contribution is 7.39. The summed E-state index contributed by atoms with van der Waals surface area (Å²) in [7, 11) is 2.40. The van der Waals surface area contributed by atoms with E-state index >= 15 is 0 Å². The minimum atomic E-state index is 0. The summed E-state index contributed by atoms with van der Waals surface area (Å²) < 4.78 is 4.87. The second-order valence-corrected chi connectivity index (χ2v) is 1.56. The number of nitrogens with zero attached hydrogens (tertiary/aromatic N) is 1. The third-order valence-corrected chi connectivity index (χ3v) is 0.958. The average molecular weight is 114 g/mol. The van der Waals surface area contributed by atoms with Crippen LogP contribution in [-0.2, 0) is 4.74 Å². The lowest BCUT2D eigenvalue weighted by molar-refractivity contribution is 0.356.